The summed E-state index contributed by atoms with van der Waals surface area (Å²) in [6.07, 6.45) is -0.967. The zero-order valence-electron chi connectivity index (χ0n) is 22.1. The Hall–Kier alpha value is -4.62. The van der Waals surface area contributed by atoms with Crippen molar-refractivity contribution in [3.8, 4) is 11.3 Å². The summed E-state index contributed by atoms with van der Waals surface area (Å²) in [5, 5.41) is 7.61. The van der Waals surface area contributed by atoms with Gasteiger partial charge in [0.2, 0.25) is 0 Å². The highest BCUT2D eigenvalue weighted by Gasteiger charge is 2.36. The molecule has 0 radical (unpaired) electrons. The number of alkyl halides is 4. The topological polar surface area (TPSA) is 132 Å². The number of benzene rings is 1. The van der Waals surface area contributed by atoms with Crippen LogP contribution in [0.2, 0.25) is 0 Å². The number of fused-ring (bicyclic) bond motifs is 1. The van der Waals surface area contributed by atoms with Crippen molar-refractivity contribution in [2.45, 2.75) is 44.6 Å². The van der Waals surface area contributed by atoms with Crippen LogP contribution < -0.4 is 11.1 Å². The molecule has 3 N–H and O–H groups in total. The van der Waals surface area contributed by atoms with Crippen LogP contribution in [0.5, 0.6) is 0 Å². The second-order valence-corrected chi connectivity index (χ2v) is 10.2. The monoisotopic (exact) mass is 570 g/mol. The van der Waals surface area contributed by atoms with Gasteiger partial charge in [-0.05, 0) is 51.0 Å². The Morgan fingerprint density at radius 1 is 1.05 bits per heavy atom. The molecule has 1 saturated heterocycles. The fourth-order valence-electron chi connectivity index (χ4n) is 4.81. The largest absolute Gasteiger partial charge is 0.416 e. The summed E-state index contributed by atoms with van der Waals surface area (Å²) in [5.41, 5.74) is 4.92. The third-order valence-electron chi connectivity index (χ3n) is 6.81. The molecule has 5 rings (SSSR count). The van der Waals surface area contributed by atoms with Gasteiger partial charge in [-0.25, -0.2) is 24.0 Å². The van der Waals surface area contributed by atoms with E-state index < -0.39 is 29.2 Å². The Labute approximate surface area is 231 Å². The van der Waals surface area contributed by atoms with Crippen LogP contribution in [0, 0.1) is 0 Å². The highest BCUT2D eigenvalue weighted by molar-refractivity contribution is 6.04. The first-order chi connectivity index (χ1) is 19.3. The molecule has 41 heavy (non-hydrogen) atoms. The number of aromatic nitrogens is 5. The number of nitrogens with one attached hydrogen (secondary N) is 1. The number of nitrogen functional groups attached to an aromatic ring is 1. The van der Waals surface area contributed by atoms with Crippen LogP contribution in [0.1, 0.15) is 48.7 Å². The number of carbonyl (C=O) groups excluding carboxylic acids is 2. The second-order valence-electron chi connectivity index (χ2n) is 10.2. The van der Waals surface area contributed by atoms with Crippen molar-refractivity contribution >= 4 is 34.5 Å². The normalized spacial score (nSPS) is 16.1. The average molecular weight is 571 g/mol. The third-order valence-corrected chi connectivity index (χ3v) is 6.81. The average Bonchev–Trinajstić information content (AvgIpc) is 3.33. The van der Waals surface area contributed by atoms with Gasteiger partial charge in [0.25, 0.3) is 11.8 Å². The molecular weight excluding hydrogens is 544 g/mol. The Morgan fingerprint density at radius 2 is 1.78 bits per heavy atom. The summed E-state index contributed by atoms with van der Waals surface area (Å²) < 4.78 is 55.0. The molecule has 10 nitrogen and oxygen atoms in total. The third kappa shape index (κ3) is 5.67. The summed E-state index contributed by atoms with van der Waals surface area (Å²) in [7, 11) is 0. The minimum atomic E-state index is -4.57. The molecular formula is C27H26F4N8O2. The lowest BCUT2D eigenvalue weighted by Crippen LogP contribution is -2.47. The van der Waals surface area contributed by atoms with E-state index in [9.17, 15) is 27.2 Å². The first kappa shape index (κ1) is 27.9. The van der Waals surface area contributed by atoms with Crippen LogP contribution in [0.4, 0.5) is 29.2 Å². The molecule has 1 aliphatic heterocycles. The molecule has 1 aromatic carbocycles. The maximum absolute atomic E-state index is 14.4. The van der Waals surface area contributed by atoms with Gasteiger partial charge in [-0.15, -0.1) is 0 Å². The zero-order chi connectivity index (χ0) is 29.5. The number of anilines is 2. The summed E-state index contributed by atoms with van der Waals surface area (Å²) >= 11 is 0. The van der Waals surface area contributed by atoms with E-state index in [2.05, 4.69) is 20.3 Å². The van der Waals surface area contributed by atoms with Crippen LogP contribution in [-0.4, -0.2) is 60.2 Å². The molecule has 4 aromatic rings. The number of nitrogens with two attached hydrogens (primary N) is 1. The SMILES string of the molecule is CC(C)(F)C(=O)N1CCC[C@@H](n2nc(-c3ccc(C(=O)Nc4cc(C(F)(F)F)ccn4)cc3)c3c(N)ncnc32)C1. The van der Waals surface area contributed by atoms with E-state index >= 15 is 0 Å². The van der Waals surface area contributed by atoms with Gasteiger partial charge in [0, 0.05) is 30.4 Å². The molecule has 0 spiro atoms. The minimum absolute atomic E-state index is 0.177. The number of piperidine rings is 1. The molecule has 2 amide bonds. The van der Waals surface area contributed by atoms with E-state index in [1.807, 2.05) is 0 Å². The number of amides is 2. The van der Waals surface area contributed by atoms with Crippen LogP contribution in [0.25, 0.3) is 22.3 Å². The molecule has 1 fully saturated rings. The van der Waals surface area contributed by atoms with Gasteiger partial charge in [-0.2, -0.15) is 18.3 Å². The lowest BCUT2D eigenvalue weighted by molar-refractivity contribution is -0.143. The number of carbonyl (C=O) groups is 2. The molecule has 1 atom stereocenters. The van der Waals surface area contributed by atoms with Gasteiger partial charge >= 0.3 is 6.18 Å². The zero-order valence-corrected chi connectivity index (χ0v) is 22.1. The highest BCUT2D eigenvalue weighted by Crippen LogP contribution is 2.34. The summed E-state index contributed by atoms with van der Waals surface area (Å²) in [4.78, 5) is 39.0. The predicted molar refractivity (Wildman–Crippen MR) is 142 cm³/mol. The molecule has 0 aliphatic carbocycles. The van der Waals surface area contributed by atoms with E-state index in [0.717, 1.165) is 18.3 Å². The fourth-order valence-corrected chi connectivity index (χ4v) is 4.81. The Morgan fingerprint density at radius 3 is 2.46 bits per heavy atom. The van der Waals surface area contributed by atoms with Crippen LogP contribution in [0.3, 0.4) is 0 Å². The quantitative estimate of drug-likeness (QED) is 0.334. The minimum Gasteiger partial charge on any atom is -0.383 e. The van der Waals surface area contributed by atoms with Crippen molar-refractivity contribution < 1.29 is 27.2 Å². The second kappa shape index (κ2) is 10.4. The molecule has 0 unspecified atom stereocenters. The van der Waals surface area contributed by atoms with Gasteiger partial charge in [-0.3, -0.25) is 9.59 Å². The number of pyridine rings is 1. The van der Waals surface area contributed by atoms with Crippen LogP contribution in [0.15, 0.2) is 48.9 Å². The lowest BCUT2D eigenvalue weighted by Gasteiger charge is -2.35. The van der Waals surface area contributed by atoms with E-state index in [0.29, 0.717) is 41.7 Å². The molecule has 0 saturated carbocycles. The van der Waals surface area contributed by atoms with E-state index in [1.54, 1.807) is 16.8 Å². The molecule has 3 aromatic heterocycles. The maximum atomic E-state index is 14.4. The number of hydrogen-bond donors (Lipinski definition) is 2. The van der Waals surface area contributed by atoms with Crippen molar-refractivity contribution in [1.82, 2.24) is 29.6 Å². The molecule has 214 valence electrons. The number of rotatable bonds is 5. The van der Waals surface area contributed by atoms with Gasteiger partial charge in [0.05, 0.1) is 17.0 Å². The number of hydrogen-bond acceptors (Lipinski definition) is 7. The smallest absolute Gasteiger partial charge is 0.383 e. The Balaban J connectivity index is 1.42. The molecule has 4 heterocycles. The van der Waals surface area contributed by atoms with Crippen molar-refractivity contribution in [3.63, 3.8) is 0 Å². The number of halogens is 4. The molecule has 14 heteroatoms. The maximum Gasteiger partial charge on any atom is 0.416 e. The van der Waals surface area contributed by atoms with E-state index in [4.69, 9.17) is 10.8 Å². The predicted octanol–water partition coefficient (Wildman–Crippen LogP) is 4.65. The van der Waals surface area contributed by atoms with E-state index in [-0.39, 0.29) is 29.8 Å². The van der Waals surface area contributed by atoms with Crippen LogP contribution >= 0.6 is 0 Å². The molecule has 1 aliphatic rings. The number of likely N-dealkylation sites (tertiary alicyclic amines) is 1. The van der Waals surface area contributed by atoms with Crippen molar-refractivity contribution in [1.29, 1.82) is 0 Å². The highest BCUT2D eigenvalue weighted by atomic mass is 19.4. The first-order valence-corrected chi connectivity index (χ1v) is 12.7. The number of nitrogens with zero attached hydrogens (tertiary/aromatic N) is 6. The standard InChI is InChI=1S/C27H26F4N8O2/c1-26(2,28)25(41)38-11-3-4-18(13-38)39-23-20(22(32)34-14-35-23)21(37-39)15-5-7-16(8-6-15)24(40)36-19-12-17(9-10-33-19)27(29,30)31/h5-10,12,14,18H,3-4,11,13H2,1-2H3,(H2,32,34,35)(H,33,36,40)/t18-/m1/s1. The van der Waals surface area contributed by atoms with E-state index in [1.165, 1.54) is 37.2 Å². The van der Waals surface area contributed by atoms with Gasteiger partial charge in [0.1, 0.15) is 23.7 Å². The van der Waals surface area contributed by atoms with Gasteiger partial charge < -0.3 is 16.0 Å². The summed E-state index contributed by atoms with van der Waals surface area (Å²) in [5.74, 6) is -1.30. The van der Waals surface area contributed by atoms with Crippen LogP contribution in [-0.2, 0) is 11.0 Å². The van der Waals surface area contributed by atoms with Crippen molar-refractivity contribution in [3.05, 3.63) is 60.0 Å². The van der Waals surface area contributed by atoms with Gasteiger partial charge in [0.15, 0.2) is 11.3 Å². The Kier molecular flexibility index (Phi) is 7.09. The Bertz CT molecular complexity index is 1610. The summed E-state index contributed by atoms with van der Waals surface area (Å²) in [6, 6.07) is 7.51. The first-order valence-electron chi connectivity index (χ1n) is 12.7. The lowest BCUT2D eigenvalue weighted by atomic mass is 10.0. The van der Waals surface area contributed by atoms with Crippen molar-refractivity contribution in [2.75, 3.05) is 24.1 Å². The fraction of sp³-hybridized carbons (Fsp3) is 0.333. The summed E-state index contributed by atoms with van der Waals surface area (Å²) in [6.45, 7) is 3.14. The molecule has 0 bridgehead atoms. The van der Waals surface area contributed by atoms with Crippen molar-refractivity contribution in [2.24, 2.45) is 0 Å². The van der Waals surface area contributed by atoms with Gasteiger partial charge in [-0.1, -0.05) is 12.1 Å².